The molecule has 1 unspecified atom stereocenters. The number of benzene rings is 1. The van der Waals surface area contributed by atoms with Crippen LogP contribution in [0.25, 0.3) is 0 Å². The average molecular weight is 451 g/mol. The predicted molar refractivity (Wildman–Crippen MR) is 115 cm³/mol. The Kier molecular flexibility index (Phi) is 6.87. The van der Waals surface area contributed by atoms with Crippen molar-refractivity contribution in [3.05, 3.63) is 41.7 Å². The smallest absolute Gasteiger partial charge is 0.216 e. The number of aromatic nitrogens is 3. The molecule has 1 aromatic carbocycles. The van der Waals surface area contributed by atoms with Crippen molar-refractivity contribution >= 4 is 10.0 Å². The highest BCUT2D eigenvalue weighted by molar-refractivity contribution is 7.89. The van der Waals surface area contributed by atoms with E-state index in [4.69, 9.17) is 9.84 Å². The minimum absolute atomic E-state index is 0.00406. The van der Waals surface area contributed by atoms with Gasteiger partial charge in [-0.25, -0.2) is 13.1 Å². The van der Waals surface area contributed by atoms with Gasteiger partial charge in [0.05, 0.1) is 44.4 Å². The van der Waals surface area contributed by atoms with E-state index in [-0.39, 0.29) is 24.9 Å². The minimum atomic E-state index is -3.32. The quantitative estimate of drug-likeness (QED) is 0.572. The van der Waals surface area contributed by atoms with E-state index in [1.807, 2.05) is 24.3 Å². The highest BCUT2D eigenvalue weighted by atomic mass is 32.2. The molecular formula is C20H30N6O4S. The van der Waals surface area contributed by atoms with Crippen molar-refractivity contribution in [2.75, 3.05) is 58.7 Å². The third-order valence-corrected chi connectivity index (χ3v) is 7.85. The molecule has 2 fully saturated rings. The average Bonchev–Trinajstić information content (AvgIpc) is 3.33. The molecule has 3 heterocycles. The van der Waals surface area contributed by atoms with Gasteiger partial charge in [-0.2, -0.15) is 4.31 Å². The lowest BCUT2D eigenvalue weighted by Crippen LogP contribution is -2.52. The number of ether oxygens (including phenoxy) is 1. The van der Waals surface area contributed by atoms with E-state index in [9.17, 15) is 8.42 Å². The summed E-state index contributed by atoms with van der Waals surface area (Å²) in [4.78, 5) is 4.46. The molecule has 1 aromatic heterocycles. The van der Waals surface area contributed by atoms with E-state index in [1.165, 1.54) is 4.31 Å². The zero-order chi connectivity index (χ0) is 21.8. The Balaban J connectivity index is 1.34. The van der Waals surface area contributed by atoms with Gasteiger partial charge in [0.15, 0.2) is 0 Å². The van der Waals surface area contributed by atoms with Crippen molar-refractivity contribution in [2.45, 2.75) is 19.1 Å². The number of rotatable bonds is 8. The summed E-state index contributed by atoms with van der Waals surface area (Å²) in [5.74, 6) is 0.944. The Morgan fingerprint density at radius 3 is 2.55 bits per heavy atom. The van der Waals surface area contributed by atoms with Crippen molar-refractivity contribution in [1.82, 2.24) is 29.1 Å². The summed E-state index contributed by atoms with van der Waals surface area (Å²) in [5.41, 5.74) is 1.71. The third-order valence-electron chi connectivity index (χ3n) is 5.98. The van der Waals surface area contributed by atoms with E-state index < -0.39 is 10.0 Å². The van der Waals surface area contributed by atoms with Gasteiger partial charge in [0.1, 0.15) is 5.75 Å². The molecule has 11 heteroatoms. The number of β-amino-alcohol motifs (C(OH)–C–C–N with tert-alkyl or cyclic N) is 1. The van der Waals surface area contributed by atoms with E-state index in [0.29, 0.717) is 25.3 Å². The first-order valence-corrected chi connectivity index (χ1v) is 12.1. The molecule has 1 N–H and O–H groups in total. The molecule has 31 heavy (non-hydrogen) atoms. The summed E-state index contributed by atoms with van der Waals surface area (Å²) in [6, 6.07) is 7.73. The molecular weight excluding hydrogens is 420 g/mol. The Bertz CT molecular complexity index is 956. The Hall–Kier alpha value is -2.05. The van der Waals surface area contributed by atoms with Crippen molar-refractivity contribution < 1.29 is 18.3 Å². The number of methoxy groups -OCH3 is 1. The molecule has 2 aromatic rings. The van der Waals surface area contributed by atoms with Crippen molar-refractivity contribution in [3.8, 4) is 5.75 Å². The van der Waals surface area contributed by atoms with Gasteiger partial charge >= 0.3 is 0 Å². The number of nitrogens with zero attached hydrogens (tertiary/aromatic N) is 6. The molecule has 0 aliphatic carbocycles. The van der Waals surface area contributed by atoms with Crippen molar-refractivity contribution in [2.24, 2.45) is 0 Å². The van der Waals surface area contributed by atoms with Crippen LogP contribution >= 0.6 is 0 Å². The number of sulfonamides is 1. The van der Waals surface area contributed by atoms with Crippen LogP contribution in [0.1, 0.15) is 11.3 Å². The Labute approximate surface area is 183 Å². The number of piperazine rings is 1. The summed E-state index contributed by atoms with van der Waals surface area (Å²) in [6.07, 6.45) is 1.81. The zero-order valence-electron chi connectivity index (χ0n) is 17.8. The van der Waals surface area contributed by atoms with E-state index in [1.54, 1.807) is 18.0 Å². The van der Waals surface area contributed by atoms with Gasteiger partial charge in [0, 0.05) is 45.3 Å². The lowest BCUT2D eigenvalue weighted by Gasteiger charge is -2.37. The van der Waals surface area contributed by atoms with E-state index >= 15 is 0 Å². The van der Waals surface area contributed by atoms with Gasteiger partial charge in [-0.3, -0.25) is 9.80 Å². The Morgan fingerprint density at radius 1 is 1.13 bits per heavy atom. The van der Waals surface area contributed by atoms with Crippen LogP contribution in [-0.4, -0.2) is 107 Å². The van der Waals surface area contributed by atoms with Crippen LogP contribution in [0, 0.1) is 0 Å². The largest absolute Gasteiger partial charge is 0.497 e. The van der Waals surface area contributed by atoms with Crippen LogP contribution in [-0.2, 0) is 23.1 Å². The molecule has 170 valence electrons. The zero-order valence-corrected chi connectivity index (χ0v) is 18.6. The predicted octanol–water partition coefficient (Wildman–Crippen LogP) is -0.541. The topological polar surface area (TPSA) is 104 Å². The number of hydrogen-bond donors (Lipinski definition) is 1. The molecule has 0 saturated carbocycles. The SMILES string of the molecule is COc1ccc(Cn2cc(CN3CC(N4CCN(CCO)CC4)CS3(=O)=O)nn2)cc1. The summed E-state index contributed by atoms with van der Waals surface area (Å²) >= 11 is 0. The van der Waals surface area contributed by atoms with Crippen LogP contribution in [0.2, 0.25) is 0 Å². The standard InChI is InChI=1S/C20H30N6O4S/c1-30-20-4-2-17(3-5-20)12-25-13-18(21-22-25)14-26-15-19(16-31(26,28)29)24-8-6-23(7-9-24)10-11-27/h2-5,13,19,27H,6-12,14-16H2,1H3. The van der Waals surface area contributed by atoms with Crippen LogP contribution in [0.15, 0.2) is 30.5 Å². The molecule has 2 aliphatic rings. The second-order valence-electron chi connectivity index (χ2n) is 8.08. The molecule has 10 nitrogen and oxygen atoms in total. The first kappa shape index (κ1) is 22.2. The van der Waals surface area contributed by atoms with Gasteiger partial charge in [-0.1, -0.05) is 17.3 Å². The highest BCUT2D eigenvalue weighted by Crippen LogP contribution is 2.22. The first-order chi connectivity index (χ1) is 15.0. The summed E-state index contributed by atoms with van der Waals surface area (Å²) in [6.45, 7) is 5.48. The fraction of sp³-hybridized carbons (Fsp3) is 0.600. The monoisotopic (exact) mass is 450 g/mol. The normalized spacial score (nSPS) is 22.7. The molecule has 4 rings (SSSR count). The molecule has 0 spiro atoms. The number of aliphatic hydroxyl groups is 1. The van der Waals surface area contributed by atoms with Gasteiger partial charge in [-0.05, 0) is 17.7 Å². The molecule has 0 radical (unpaired) electrons. The number of aliphatic hydroxyl groups excluding tert-OH is 1. The second-order valence-corrected chi connectivity index (χ2v) is 10.1. The van der Waals surface area contributed by atoms with Crippen molar-refractivity contribution in [3.63, 3.8) is 0 Å². The van der Waals surface area contributed by atoms with Gasteiger partial charge in [0.2, 0.25) is 10.0 Å². The lowest BCUT2D eigenvalue weighted by molar-refractivity contribution is 0.0880. The maximum absolute atomic E-state index is 12.7. The molecule has 1 atom stereocenters. The summed E-state index contributed by atoms with van der Waals surface area (Å²) in [5, 5.41) is 17.4. The maximum Gasteiger partial charge on any atom is 0.216 e. The third kappa shape index (κ3) is 5.42. The van der Waals surface area contributed by atoms with Crippen LogP contribution in [0.3, 0.4) is 0 Å². The van der Waals surface area contributed by atoms with Crippen LogP contribution < -0.4 is 4.74 Å². The molecule has 0 bridgehead atoms. The van der Waals surface area contributed by atoms with E-state index in [2.05, 4.69) is 20.1 Å². The first-order valence-electron chi connectivity index (χ1n) is 10.5. The minimum Gasteiger partial charge on any atom is -0.497 e. The van der Waals surface area contributed by atoms with Crippen molar-refractivity contribution in [1.29, 1.82) is 0 Å². The van der Waals surface area contributed by atoms with Gasteiger partial charge < -0.3 is 9.84 Å². The van der Waals surface area contributed by atoms with E-state index in [0.717, 1.165) is 37.5 Å². The molecule has 2 aliphatic heterocycles. The van der Waals surface area contributed by atoms with Gasteiger partial charge in [-0.15, -0.1) is 5.10 Å². The summed E-state index contributed by atoms with van der Waals surface area (Å²) in [7, 11) is -1.69. The number of hydrogen-bond acceptors (Lipinski definition) is 8. The fourth-order valence-electron chi connectivity index (χ4n) is 4.21. The fourth-order valence-corrected chi connectivity index (χ4v) is 5.96. The van der Waals surface area contributed by atoms with Crippen LogP contribution in [0.5, 0.6) is 5.75 Å². The van der Waals surface area contributed by atoms with Crippen LogP contribution in [0.4, 0.5) is 0 Å². The summed E-state index contributed by atoms with van der Waals surface area (Å²) < 4.78 is 33.9. The maximum atomic E-state index is 12.7. The second kappa shape index (κ2) is 9.61. The highest BCUT2D eigenvalue weighted by Gasteiger charge is 2.40. The van der Waals surface area contributed by atoms with Gasteiger partial charge in [0.25, 0.3) is 0 Å². The molecule has 0 amide bonds. The lowest BCUT2D eigenvalue weighted by atomic mass is 10.2. The molecule has 2 saturated heterocycles. The Morgan fingerprint density at radius 2 is 1.87 bits per heavy atom.